The fourth-order valence-corrected chi connectivity index (χ4v) is 3.43. The van der Waals surface area contributed by atoms with Gasteiger partial charge in [0.15, 0.2) is 5.65 Å². The second-order valence-corrected chi connectivity index (χ2v) is 6.32. The minimum absolute atomic E-state index is 0.0413. The molecule has 0 aromatic carbocycles. The first-order valence-electron chi connectivity index (χ1n) is 7.74. The number of hydrogen-bond acceptors (Lipinski definition) is 4. The van der Waals surface area contributed by atoms with Crippen LogP contribution < -0.4 is 5.32 Å². The second-order valence-electron chi connectivity index (χ2n) is 6.32. The van der Waals surface area contributed by atoms with Crippen LogP contribution in [0.15, 0.2) is 12.3 Å². The van der Waals surface area contributed by atoms with Crippen molar-refractivity contribution in [2.45, 2.75) is 44.6 Å². The van der Waals surface area contributed by atoms with E-state index in [1.54, 1.807) is 10.7 Å². The normalized spacial score (nSPS) is 16.6. The number of aryl methyl sites for hydroxylation is 2. The Balaban J connectivity index is 1.87. The number of aromatic nitrogens is 3. The van der Waals surface area contributed by atoms with E-state index < -0.39 is 11.5 Å². The first kappa shape index (κ1) is 15.5. The summed E-state index contributed by atoms with van der Waals surface area (Å²) >= 11 is 0. The molecule has 7 nitrogen and oxygen atoms in total. The highest BCUT2D eigenvalue weighted by molar-refractivity contribution is 5.98. The van der Waals surface area contributed by atoms with Gasteiger partial charge >= 0.3 is 5.97 Å². The summed E-state index contributed by atoms with van der Waals surface area (Å²) in [6, 6.07) is 1.77. The van der Waals surface area contributed by atoms with Crippen molar-refractivity contribution >= 4 is 22.9 Å². The lowest BCUT2D eigenvalue weighted by Gasteiger charge is -2.28. The van der Waals surface area contributed by atoms with E-state index in [2.05, 4.69) is 15.4 Å². The summed E-state index contributed by atoms with van der Waals surface area (Å²) < 4.78 is 1.68. The summed E-state index contributed by atoms with van der Waals surface area (Å²) in [5.41, 5.74) is 1.33. The minimum Gasteiger partial charge on any atom is -0.481 e. The monoisotopic (exact) mass is 316 g/mol. The Labute approximate surface area is 133 Å². The number of carboxylic acid groups (broad SMARTS) is 1. The maximum atomic E-state index is 12.6. The number of carbonyl (C=O) groups excluding carboxylic acids is 1. The molecule has 1 saturated carbocycles. The molecule has 1 aliphatic rings. The van der Waals surface area contributed by atoms with Gasteiger partial charge in [0.1, 0.15) is 0 Å². The zero-order chi connectivity index (χ0) is 16.6. The molecule has 2 heterocycles. The molecular formula is C16H20N4O3. The quantitative estimate of drug-likeness (QED) is 0.896. The van der Waals surface area contributed by atoms with Gasteiger partial charge < -0.3 is 10.4 Å². The van der Waals surface area contributed by atoms with E-state index in [1.165, 1.54) is 6.20 Å². The number of pyridine rings is 1. The second kappa shape index (κ2) is 5.64. The first-order chi connectivity index (χ1) is 10.9. The summed E-state index contributed by atoms with van der Waals surface area (Å²) in [7, 11) is 1.81. The van der Waals surface area contributed by atoms with Crippen molar-refractivity contribution in [3.8, 4) is 0 Å². The van der Waals surface area contributed by atoms with Crippen molar-refractivity contribution in [3.05, 3.63) is 23.5 Å². The predicted molar refractivity (Wildman–Crippen MR) is 84.2 cm³/mol. The van der Waals surface area contributed by atoms with Crippen LogP contribution in [-0.4, -0.2) is 37.3 Å². The molecule has 2 aromatic rings. The molecule has 1 fully saturated rings. The Bertz CT molecular complexity index is 775. The van der Waals surface area contributed by atoms with E-state index in [9.17, 15) is 9.59 Å². The Kier molecular flexibility index (Phi) is 3.79. The largest absolute Gasteiger partial charge is 0.481 e. The molecule has 2 aromatic heterocycles. The fraction of sp³-hybridized carbons (Fsp3) is 0.500. The van der Waals surface area contributed by atoms with Gasteiger partial charge in [0, 0.05) is 18.6 Å². The van der Waals surface area contributed by atoms with Gasteiger partial charge in [-0.15, -0.1) is 0 Å². The van der Waals surface area contributed by atoms with Gasteiger partial charge in [0.2, 0.25) is 0 Å². The molecule has 0 aliphatic heterocycles. The van der Waals surface area contributed by atoms with Crippen molar-refractivity contribution in [2.24, 2.45) is 7.05 Å². The Morgan fingerprint density at radius 3 is 2.74 bits per heavy atom. The van der Waals surface area contributed by atoms with Gasteiger partial charge in [0.25, 0.3) is 5.91 Å². The number of fused-ring (bicyclic) bond motifs is 1. The molecular weight excluding hydrogens is 296 g/mol. The molecule has 0 atom stereocenters. The molecule has 2 N–H and O–H groups in total. The van der Waals surface area contributed by atoms with E-state index in [0.717, 1.165) is 29.6 Å². The maximum Gasteiger partial charge on any atom is 0.305 e. The van der Waals surface area contributed by atoms with Crippen LogP contribution in [0.5, 0.6) is 0 Å². The zero-order valence-electron chi connectivity index (χ0n) is 13.3. The van der Waals surface area contributed by atoms with Crippen LogP contribution in [0, 0.1) is 6.92 Å². The number of nitrogens with zero attached hydrogens (tertiary/aromatic N) is 3. The number of aliphatic carboxylic acids is 1. The molecule has 0 bridgehead atoms. The standard InChI is InChI=1S/C16H20N4O3/c1-10-12-7-11(9-17-14(12)20(2)19-10)15(23)18-16(8-13(21)22)5-3-4-6-16/h7,9H,3-6,8H2,1-2H3,(H,18,23)(H,21,22). The molecule has 122 valence electrons. The third kappa shape index (κ3) is 2.91. The van der Waals surface area contributed by atoms with Crippen molar-refractivity contribution < 1.29 is 14.7 Å². The maximum absolute atomic E-state index is 12.6. The topological polar surface area (TPSA) is 97.1 Å². The molecule has 23 heavy (non-hydrogen) atoms. The van der Waals surface area contributed by atoms with E-state index in [1.807, 2.05) is 14.0 Å². The number of amides is 1. The lowest BCUT2D eigenvalue weighted by molar-refractivity contribution is -0.138. The van der Waals surface area contributed by atoms with Crippen LogP contribution >= 0.6 is 0 Å². The predicted octanol–water partition coefficient (Wildman–Crippen LogP) is 1.79. The third-order valence-corrected chi connectivity index (χ3v) is 4.55. The van der Waals surface area contributed by atoms with Gasteiger partial charge in [-0.2, -0.15) is 5.10 Å². The average molecular weight is 316 g/mol. The van der Waals surface area contributed by atoms with E-state index in [0.29, 0.717) is 18.4 Å². The van der Waals surface area contributed by atoms with Gasteiger partial charge in [-0.1, -0.05) is 12.8 Å². The van der Waals surface area contributed by atoms with Crippen LogP contribution in [-0.2, 0) is 11.8 Å². The summed E-state index contributed by atoms with van der Waals surface area (Å²) in [6.07, 6.45) is 4.75. The zero-order valence-corrected chi connectivity index (χ0v) is 13.3. The van der Waals surface area contributed by atoms with Crippen LogP contribution in [0.25, 0.3) is 11.0 Å². The molecule has 1 aliphatic carbocycles. The van der Waals surface area contributed by atoms with Gasteiger partial charge in [-0.25, -0.2) is 4.98 Å². The van der Waals surface area contributed by atoms with Gasteiger partial charge in [0.05, 0.1) is 23.2 Å². The first-order valence-corrected chi connectivity index (χ1v) is 7.74. The molecule has 7 heteroatoms. The van der Waals surface area contributed by atoms with Crippen LogP contribution in [0.3, 0.4) is 0 Å². The molecule has 0 spiro atoms. The van der Waals surface area contributed by atoms with Crippen molar-refractivity contribution in [1.82, 2.24) is 20.1 Å². The summed E-state index contributed by atoms with van der Waals surface area (Å²) in [4.78, 5) is 28.0. The summed E-state index contributed by atoms with van der Waals surface area (Å²) in [5, 5.41) is 17.2. The van der Waals surface area contributed by atoms with Crippen molar-refractivity contribution in [1.29, 1.82) is 0 Å². The Morgan fingerprint density at radius 1 is 1.39 bits per heavy atom. The minimum atomic E-state index is -0.885. The van der Waals surface area contributed by atoms with Crippen LogP contribution in [0.2, 0.25) is 0 Å². The number of hydrogen-bond donors (Lipinski definition) is 2. The van der Waals surface area contributed by atoms with Gasteiger partial charge in [-0.3, -0.25) is 14.3 Å². The number of rotatable bonds is 4. The Hall–Kier alpha value is -2.44. The smallest absolute Gasteiger partial charge is 0.305 e. The number of nitrogens with one attached hydrogen (secondary N) is 1. The highest BCUT2D eigenvalue weighted by atomic mass is 16.4. The highest BCUT2D eigenvalue weighted by Gasteiger charge is 2.37. The summed E-state index contributed by atoms with van der Waals surface area (Å²) in [6.45, 7) is 1.87. The van der Waals surface area contributed by atoms with E-state index in [-0.39, 0.29) is 12.3 Å². The lowest BCUT2D eigenvalue weighted by atomic mass is 9.92. The lowest BCUT2D eigenvalue weighted by Crippen LogP contribution is -2.47. The highest BCUT2D eigenvalue weighted by Crippen LogP contribution is 2.33. The van der Waals surface area contributed by atoms with Crippen LogP contribution in [0.4, 0.5) is 0 Å². The fourth-order valence-electron chi connectivity index (χ4n) is 3.43. The van der Waals surface area contributed by atoms with Crippen molar-refractivity contribution in [3.63, 3.8) is 0 Å². The van der Waals surface area contributed by atoms with E-state index in [4.69, 9.17) is 5.11 Å². The number of carbonyl (C=O) groups is 2. The molecule has 3 rings (SSSR count). The Morgan fingerprint density at radius 2 is 2.09 bits per heavy atom. The number of carboxylic acids is 1. The van der Waals surface area contributed by atoms with Crippen molar-refractivity contribution in [2.75, 3.05) is 0 Å². The SMILES string of the molecule is Cc1nn(C)c2ncc(C(=O)NC3(CC(=O)O)CCCC3)cc12. The third-order valence-electron chi connectivity index (χ3n) is 4.55. The summed E-state index contributed by atoms with van der Waals surface area (Å²) in [5.74, 6) is -1.16. The average Bonchev–Trinajstić information content (AvgIpc) is 3.04. The molecule has 0 unspecified atom stereocenters. The molecule has 1 amide bonds. The van der Waals surface area contributed by atoms with Gasteiger partial charge in [-0.05, 0) is 25.8 Å². The van der Waals surface area contributed by atoms with E-state index >= 15 is 0 Å². The van der Waals surface area contributed by atoms with Crippen LogP contribution in [0.1, 0.15) is 48.2 Å². The molecule has 0 saturated heterocycles. The molecule has 0 radical (unpaired) electrons.